The maximum Gasteiger partial charge on any atom is 0.158 e. The molecule has 1 fully saturated rings. The Morgan fingerprint density at radius 2 is 1.23 bits per heavy atom. The van der Waals surface area contributed by atoms with Gasteiger partial charge in [0.1, 0.15) is 0 Å². The number of ether oxygens (including phenoxy) is 2. The van der Waals surface area contributed by atoms with Crippen molar-refractivity contribution in [1.29, 1.82) is 5.26 Å². The van der Waals surface area contributed by atoms with Crippen molar-refractivity contribution in [2.24, 2.45) is 5.41 Å². The van der Waals surface area contributed by atoms with Crippen LogP contribution in [0.4, 0.5) is 0 Å². The van der Waals surface area contributed by atoms with Crippen LogP contribution >= 0.6 is 0 Å². The summed E-state index contributed by atoms with van der Waals surface area (Å²) in [5.74, 6) is 0. The summed E-state index contributed by atoms with van der Waals surface area (Å²) in [6, 6.07) is 2.19. The molecule has 0 radical (unpaired) electrons. The summed E-state index contributed by atoms with van der Waals surface area (Å²) in [4.78, 5) is 0. The minimum atomic E-state index is -0.156. The number of unbranched alkanes of at least 4 members (excludes halogenated alkanes) is 10. The molecular formula is C23H43NO2. The molecule has 0 bridgehead atoms. The molecule has 0 unspecified atom stereocenters. The third-order valence-electron chi connectivity index (χ3n) is 5.76. The quantitative estimate of drug-likeness (QED) is 0.273. The highest BCUT2D eigenvalue weighted by atomic mass is 16.7. The molecule has 0 N–H and O–H groups in total. The van der Waals surface area contributed by atoms with Gasteiger partial charge in [0.25, 0.3) is 0 Å². The van der Waals surface area contributed by atoms with Crippen molar-refractivity contribution in [3.8, 4) is 6.07 Å². The van der Waals surface area contributed by atoms with Crippen LogP contribution in [0, 0.1) is 16.7 Å². The van der Waals surface area contributed by atoms with Crippen LogP contribution in [0.25, 0.3) is 0 Å². The molecule has 0 spiro atoms. The minimum absolute atomic E-state index is 0.156. The summed E-state index contributed by atoms with van der Waals surface area (Å²) < 4.78 is 12.0. The van der Waals surface area contributed by atoms with Crippen LogP contribution in [-0.4, -0.2) is 19.5 Å². The first kappa shape index (κ1) is 23.4. The Balaban J connectivity index is 2.34. The van der Waals surface area contributed by atoms with Crippen LogP contribution in [-0.2, 0) is 9.47 Å². The van der Waals surface area contributed by atoms with Gasteiger partial charge in [-0.2, -0.15) is 5.26 Å². The number of rotatable bonds is 16. The molecule has 0 aliphatic carbocycles. The van der Waals surface area contributed by atoms with E-state index in [4.69, 9.17) is 14.7 Å². The first-order valence-corrected chi connectivity index (χ1v) is 11.4. The van der Waals surface area contributed by atoms with Crippen molar-refractivity contribution in [3.63, 3.8) is 0 Å². The summed E-state index contributed by atoms with van der Waals surface area (Å²) in [7, 11) is 0. The Morgan fingerprint density at radius 1 is 0.769 bits per heavy atom. The predicted octanol–water partition coefficient (Wildman–Crippen LogP) is 7.15. The zero-order chi connectivity index (χ0) is 18.9. The molecule has 1 aliphatic rings. The molecule has 0 aromatic heterocycles. The molecule has 0 aromatic carbocycles. The van der Waals surface area contributed by atoms with E-state index in [-0.39, 0.29) is 11.7 Å². The Bertz CT molecular complexity index is 338. The SMILES string of the molecule is CCCCCCCCC1(CCCCCCCC)COC(CCC#N)OC1. The minimum Gasteiger partial charge on any atom is -0.352 e. The van der Waals surface area contributed by atoms with Gasteiger partial charge in [-0.25, -0.2) is 0 Å². The van der Waals surface area contributed by atoms with E-state index in [1.807, 2.05) is 0 Å². The van der Waals surface area contributed by atoms with Gasteiger partial charge in [0.15, 0.2) is 6.29 Å². The van der Waals surface area contributed by atoms with Crippen molar-refractivity contribution >= 4 is 0 Å². The van der Waals surface area contributed by atoms with E-state index in [2.05, 4.69) is 19.9 Å². The van der Waals surface area contributed by atoms with Crippen LogP contribution in [0.2, 0.25) is 0 Å². The molecule has 1 heterocycles. The highest BCUT2D eigenvalue weighted by Crippen LogP contribution is 2.37. The van der Waals surface area contributed by atoms with E-state index < -0.39 is 0 Å². The Labute approximate surface area is 162 Å². The zero-order valence-corrected chi connectivity index (χ0v) is 17.6. The van der Waals surface area contributed by atoms with Gasteiger partial charge in [0.2, 0.25) is 0 Å². The predicted molar refractivity (Wildman–Crippen MR) is 109 cm³/mol. The summed E-state index contributed by atoms with van der Waals surface area (Å²) >= 11 is 0. The maximum atomic E-state index is 8.75. The van der Waals surface area contributed by atoms with E-state index in [9.17, 15) is 0 Å². The van der Waals surface area contributed by atoms with Gasteiger partial charge < -0.3 is 9.47 Å². The van der Waals surface area contributed by atoms with Gasteiger partial charge in [0, 0.05) is 18.3 Å². The molecule has 0 amide bonds. The van der Waals surface area contributed by atoms with Crippen LogP contribution in [0.1, 0.15) is 117 Å². The third-order valence-corrected chi connectivity index (χ3v) is 5.76. The second-order valence-electron chi connectivity index (χ2n) is 8.28. The van der Waals surface area contributed by atoms with E-state index >= 15 is 0 Å². The summed E-state index contributed by atoms with van der Waals surface area (Å²) in [6.45, 7) is 6.20. The van der Waals surface area contributed by atoms with Crippen molar-refractivity contribution in [2.45, 2.75) is 123 Å². The molecule has 0 atom stereocenters. The van der Waals surface area contributed by atoms with E-state index in [1.165, 1.54) is 89.9 Å². The summed E-state index contributed by atoms with van der Waals surface area (Å²) in [6.07, 6.45) is 19.7. The highest BCUT2D eigenvalue weighted by Gasteiger charge is 2.35. The molecule has 0 aromatic rings. The Morgan fingerprint density at radius 3 is 1.69 bits per heavy atom. The first-order valence-electron chi connectivity index (χ1n) is 11.4. The van der Waals surface area contributed by atoms with Gasteiger partial charge in [-0.15, -0.1) is 0 Å². The molecule has 3 nitrogen and oxygen atoms in total. The maximum absolute atomic E-state index is 8.75. The largest absolute Gasteiger partial charge is 0.352 e. The molecule has 1 rings (SSSR count). The summed E-state index contributed by atoms with van der Waals surface area (Å²) in [5, 5.41) is 8.75. The lowest BCUT2D eigenvalue weighted by Gasteiger charge is -2.40. The fraction of sp³-hybridized carbons (Fsp3) is 0.957. The van der Waals surface area contributed by atoms with Gasteiger partial charge in [0.05, 0.1) is 19.3 Å². The van der Waals surface area contributed by atoms with Crippen LogP contribution < -0.4 is 0 Å². The number of nitriles is 1. The lowest BCUT2D eigenvalue weighted by molar-refractivity contribution is -0.234. The molecule has 152 valence electrons. The monoisotopic (exact) mass is 365 g/mol. The first-order chi connectivity index (χ1) is 12.8. The van der Waals surface area contributed by atoms with Crippen molar-refractivity contribution in [3.05, 3.63) is 0 Å². The number of hydrogen-bond donors (Lipinski definition) is 0. The lowest BCUT2D eigenvalue weighted by atomic mass is 9.78. The van der Waals surface area contributed by atoms with Crippen molar-refractivity contribution < 1.29 is 9.47 Å². The smallest absolute Gasteiger partial charge is 0.158 e. The molecule has 26 heavy (non-hydrogen) atoms. The van der Waals surface area contributed by atoms with Crippen LogP contribution in [0.5, 0.6) is 0 Å². The van der Waals surface area contributed by atoms with Gasteiger partial charge in [-0.3, -0.25) is 0 Å². The molecule has 3 heteroatoms. The fourth-order valence-electron chi connectivity index (χ4n) is 3.95. The zero-order valence-electron chi connectivity index (χ0n) is 17.6. The second kappa shape index (κ2) is 15.5. The van der Waals surface area contributed by atoms with Gasteiger partial charge in [-0.05, 0) is 12.8 Å². The summed E-state index contributed by atoms with van der Waals surface area (Å²) in [5.41, 5.74) is 0.221. The molecule has 0 saturated carbocycles. The van der Waals surface area contributed by atoms with Crippen molar-refractivity contribution in [2.75, 3.05) is 13.2 Å². The average molecular weight is 366 g/mol. The number of nitrogens with zero attached hydrogens (tertiary/aromatic N) is 1. The van der Waals surface area contributed by atoms with E-state index in [0.29, 0.717) is 12.8 Å². The standard InChI is InChI=1S/C23H43NO2/c1-3-5-7-9-11-13-17-23(18-14-12-10-8-6-4-2)20-25-22(26-21-23)16-15-19-24/h22H,3-18,20-21H2,1-2H3. The fourth-order valence-corrected chi connectivity index (χ4v) is 3.95. The second-order valence-corrected chi connectivity index (χ2v) is 8.28. The molecular weight excluding hydrogens is 322 g/mol. The lowest BCUT2D eigenvalue weighted by Crippen LogP contribution is -2.41. The normalized spacial score (nSPS) is 17.3. The Hall–Kier alpha value is -0.590. The Kier molecular flexibility index (Phi) is 13.9. The van der Waals surface area contributed by atoms with Crippen LogP contribution in [0.15, 0.2) is 0 Å². The topological polar surface area (TPSA) is 42.2 Å². The van der Waals surface area contributed by atoms with Gasteiger partial charge in [-0.1, -0.05) is 90.9 Å². The van der Waals surface area contributed by atoms with Gasteiger partial charge >= 0.3 is 0 Å². The molecule has 1 saturated heterocycles. The molecule has 1 aliphatic heterocycles. The number of hydrogen-bond acceptors (Lipinski definition) is 3. The van der Waals surface area contributed by atoms with E-state index in [0.717, 1.165) is 13.2 Å². The highest BCUT2D eigenvalue weighted by molar-refractivity contribution is 4.83. The van der Waals surface area contributed by atoms with Crippen LogP contribution in [0.3, 0.4) is 0 Å². The van der Waals surface area contributed by atoms with E-state index in [1.54, 1.807) is 0 Å². The third kappa shape index (κ3) is 10.5. The average Bonchev–Trinajstić information content (AvgIpc) is 2.67. The van der Waals surface area contributed by atoms with Crippen molar-refractivity contribution in [1.82, 2.24) is 0 Å².